The second-order valence-corrected chi connectivity index (χ2v) is 4.69. The summed E-state index contributed by atoms with van der Waals surface area (Å²) in [7, 11) is 0. The lowest BCUT2D eigenvalue weighted by Crippen LogP contribution is -2.37. The molecule has 0 aromatic carbocycles. The lowest BCUT2D eigenvalue weighted by Gasteiger charge is -2.33. The minimum atomic E-state index is 0.0966. The van der Waals surface area contributed by atoms with Crippen LogP contribution in [0.2, 0.25) is 0 Å². The van der Waals surface area contributed by atoms with Gasteiger partial charge in [-0.1, -0.05) is 26.2 Å². The molecule has 0 radical (unpaired) electrons. The first-order valence-electron chi connectivity index (χ1n) is 5.63. The van der Waals surface area contributed by atoms with Crippen molar-refractivity contribution in [3.63, 3.8) is 0 Å². The monoisotopic (exact) mass is 198 g/mol. The van der Waals surface area contributed by atoms with Crippen LogP contribution in [0.1, 0.15) is 45.4 Å². The third-order valence-corrected chi connectivity index (χ3v) is 3.14. The number of carbonyl (C=O) groups excluding carboxylic acids is 1. The van der Waals surface area contributed by atoms with E-state index in [1.807, 2.05) is 0 Å². The molecule has 0 aliphatic heterocycles. The van der Waals surface area contributed by atoms with Crippen molar-refractivity contribution < 1.29 is 4.79 Å². The molecule has 3 N–H and O–H groups in total. The van der Waals surface area contributed by atoms with E-state index in [-0.39, 0.29) is 5.91 Å². The van der Waals surface area contributed by atoms with Crippen molar-refractivity contribution in [3.05, 3.63) is 0 Å². The molecule has 0 atom stereocenters. The van der Waals surface area contributed by atoms with Crippen molar-refractivity contribution in [2.75, 3.05) is 13.1 Å². The molecule has 0 aromatic rings. The van der Waals surface area contributed by atoms with Crippen molar-refractivity contribution in [2.45, 2.75) is 45.4 Å². The summed E-state index contributed by atoms with van der Waals surface area (Å²) < 4.78 is 0. The van der Waals surface area contributed by atoms with Gasteiger partial charge in [0.05, 0.1) is 0 Å². The molecular weight excluding hydrogens is 176 g/mol. The Morgan fingerprint density at radius 2 is 2.00 bits per heavy atom. The summed E-state index contributed by atoms with van der Waals surface area (Å²) in [6.07, 6.45) is 6.92. The van der Waals surface area contributed by atoms with Crippen molar-refractivity contribution >= 4 is 5.91 Å². The first-order valence-corrected chi connectivity index (χ1v) is 5.63. The van der Waals surface area contributed by atoms with E-state index in [1.54, 1.807) is 0 Å². The van der Waals surface area contributed by atoms with E-state index in [1.165, 1.54) is 32.1 Å². The third-order valence-electron chi connectivity index (χ3n) is 3.14. The van der Waals surface area contributed by atoms with Gasteiger partial charge in [-0.2, -0.15) is 0 Å². The Bertz CT molecular complexity index is 186. The minimum absolute atomic E-state index is 0.0966. The average Bonchev–Trinajstić information content (AvgIpc) is 2.17. The van der Waals surface area contributed by atoms with Gasteiger partial charge in [0, 0.05) is 19.5 Å². The van der Waals surface area contributed by atoms with Crippen LogP contribution in [0.5, 0.6) is 0 Å². The highest BCUT2D eigenvalue weighted by atomic mass is 16.1. The number of hydrogen-bond donors (Lipinski definition) is 2. The molecule has 0 aromatic heterocycles. The van der Waals surface area contributed by atoms with Crippen molar-refractivity contribution in [3.8, 4) is 0 Å². The molecule has 1 saturated carbocycles. The fraction of sp³-hybridized carbons (Fsp3) is 0.909. The summed E-state index contributed by atoms with van der Waals surface area (Å²) in [6, 6.07) is 0. The standard InChI is InChI=1S/C11H22N2O/c1-11(6-3-2-4-7-11)9-13-10(14)5-8-12/h2-9,12H2,1H3,(H,13,14). The highest BCUT2D eigenvalue weighted by Crippen LogP contribution is 2.34. The van der Waals surface area contributed by atoms with Gasteiger partial charge in [0.25, 0.3) is 0 Å². The highest BCUT2D eigenvalue weighted by molar-refractivity contribution is 5.76. The maximum atomic E-state index is 11.2. The van der Waals surface area contributed by atoms with Crippen LogP contribution in [0.3, 0.4) is 0 Å². The van der Waals surface area contributed by atoms with E-state index in [0.717, 1.165) is 6.54 Å². The van der Waals surface area contributed by atoms with Gasteiger partial charge in [0.15, 0.2) is 0 Å². The second kappa shape index (κ2) is 5.35. The Labute approximate surface area is 86.4 Å². The van der Waals surface area contributed by atoms with E-state index in [0.29, 0.717) is 18.4 Å². The van der Waals surface area contributed by atoms with Crippen molar-refractivity contribution in [1.82, 2.24) is 5.32 Å². The molecule has 1 aliphatic carbocycles. The molecule has 0 saturated heterocycles. The normalized spacial score (nSPS) is 20.4. The molecule has 3 nitrogen and oxygen atoms in total. The zero-order valence-corrected chi connectivity index (χ0v) is 9.14. The maximum absolute atomic E-state index is 11.2. The molecule has 14 heavy (non-hydrogen) atoms. The molecule has 0 unspecified atom stereocenters. The van der Waals surface area contributed by atoms with Gasteiger partial charge in [-0.25, -0.2) is 0 Å². The first kappa shape index (κ1) is 11.5. The lowest BCUT2D eigenvalue weighted by molar-refractivity contribution is -0.121. The van der Waals surface area contributed by atoms with Gasteiger partial charge >= 0.3 is 0 Å². The number of nitrogens with one attached hydrogen (secondary N) is 1. The summed E-state index contributed by atoms with van der Waals surface area (Å²) in [5.74, 6) is 0.0966. The highest BCUT2D eigenvalue weighted by Gasteiger charge is 2.26. The minimum Gasteiger partial charge on any atom is -0.356 e. The number of hydrogen-bond acceptors (Lipinski definition) is 2. The van der Waals surface area contributed by atoms with Crippen LogP contribution in [0, 0.1) is 5.41 Å². The van der Waals surface area contributed by atoms with Crippen LogP contribution in [0.25, 0.3) is 0 Å². The summed E-state index contributed by atoms with van der Waals surface area (Å²) in [6.45, 7) is 3.54. The van der Waals surface area contributed by atoms with Gasteiger partial charge in [-0.3, -0.25) is 4.79 Å². The van der Waals surface area contributed by atoms with E-state index in [4.69, 9.17) is 5.73 Å². The zero-order chi connectivity index (χ0) is 10.4. The van der Waals surface area contributed by atoms with Crippen LogP contribution in [-0.4, -0.2) is 19.0 Å². The molecular formula is C11H22N2O. The molecule has 0 spiro atoms. The lowest BCUT2D eigenvalue weighted by atomic mass is 9.76. The summed E-state index contributed by atoms with van der Waals surface area (Å²) >= 11 is 0. The summed E-state index contributed by atoms with van der Waals surface area (Å²) in [5, 5.41) is 2.97. The number of amides is 1. The van der Waals surface area contributed by atoms with Gasteiger partial charge in [0.1, 0.15) is 0 Å². The third kappa shape index (κ3) is 3.66. The van der Waals surface area contributed by atoms with Gasteiger partial charge in [-0.15, -0.1) is 0 Å². The Morgan fingerprint density at radius 1 is 1.36 bits per heavy atom. The number of rotatable bonds is 4. The van der Waals surface area contributed by atoms with E-state index in [9.17, 15) is 4.79 Å². The SMILES string of the molecule is CC1(CNC(=O)CCN)CCCCC1. The average molecular weight is 198 g/mol. The van der Waals surface area contributed by atoms with E-state index in [2.05, 4.69) is 12.2 Å². The van der Waals surface area contributed by atoms with E-state index < -0.39 is 0 Å². The Balaban J connectivity index is 2.24. The smallest absolute Gasteiger partial charge is 0.221 e. The van der Waals surface area contributed by atoms with Crippen molar-refractivity contribution in [1.29, 1.82) is 0 Å². The fourth-order valence-corrected chi connectivity index (χ4v) is 2.11. The van der Waals surface area contributed by atoms with Gasteiger partial charge in [-0.05, 0) is 18.3 Å². The Morgan fingerprint density at radius 3 is 2.57 bits per heavy atom. The Hall–Kier alpha value is -0.570. The van der Waals surface area contributed by atoms with Crippen LogP contribution in [-0.2, 0) is 4.79 Å². The van der Waals surface area contributed by atoms with Crippen molar-refractivity contribution in [2.24, 2.45) is 11.1 Å². The first-order chi connectivity index (χ1) is 6.66. The number of nitrogens with two attached hydrogens (primary N) is 1. The second-order valence-electron chi connectivity index (χ2n) is 4.69. The molecule has 1 aliphatic rings. The molecule has 1 fully saturated rings. The quantitative estimate of drug-likeness (QED) is 0.718. The molecule has 0 bridgehead atoms. The maximum Gasteiger partial charge on any atom is 0.221 e. The van der Waals surface area contributed by atoms with Gasteiger partial charge in [0.2, 0.25) is 5.91 Å². The van der Waals surface area contributed by atoms with Crippen LogP contribution in [0.4, 0.5) is 0 Å². The topological polar surface area (TPSA) is 55.1 Å². The fourth-order valence-electron chi connectivity index (χ4n) is 2.11. The number of carbonyl (C=O) groups is 1. The molecule has 1 rings (SSSR count). The van der Waals surface area contributed by atoms with Crippen LogP contribution in [0.15, 0.2) is 0 Å². The Kier molecular flexibility index (Phi) is 4.39. The predicted octanol–water partition coefficient (Wildman–Crippen LogP) is 1.42. The van der Waals surface area contributed by atoms with Crippen LogP contribution >= 0.6 is 0 Å². The predicted molar refractivity (Wildman–Crippen MR) is 57.9 cm³/mol. The van der Waals surface area contributed by atoms with Crippen LogP contribution < -0.4 is 11.1 Å². The summed E-state index contributed by atoms with van der Waals surface area (Å²) in [4.78, 5) is 11.2. The van der Waals surface area contributed by atoms with Gasteiger partial charge < -0.3 is 11.1 Å². The largest absolute Gasteiger partial charge is 0.356 e. The zero-order valence-electron chi connectivity index (χ0n) is 9.14. The molecule has 1 amide bonds. The molecule has 3 heteroatoms. The summed E-state index contributed by atoms with van der Waals surface area (Å²) in [5.41, 5.74) is 5.65. The molecule has 0 heterocycles. The van der Waals surface area contributed by atoms with E-state index >= 15 is 0 Å². The molecule has 82 valence electrons.